The molecule has 2 aromatic carbocycles. The lowest BCUT2D eigenvalue weighted by atomic mass is 10.1. The predicted octanol–water partition coefficient (Wildman–Crippen LogP) is 5.44. The minimum atomic E-state index is -3.84. The number of carbonyl (C=O) groups excluding carboxylic acids is 1. The molecule has 0 saturated carbocycles. The van der Waals surface area contributed by atoms with Gasteiger partial charge in [-0.05, 0) is 51.8 Å². The van der Waals surface area contributed by atoms with Gasteiger partial charge in [0.1, 0.15) is 5.60 Å². The van der Waals surface area contributed by atoms with Gasteiger partial charge >= 0.3 is 6.09 Å². The fraction of sp³-hybridized carbons (Fsp3) is 0.321. The number of amides is 1. The topological polar surface area (TPSA) is 106 Å². The van der Waals surface area contributed by atoms with E-state index < -0.39 is 15.6 Å². The number of hydrogen-bond donors (Lipinski definition) is 2. The molecule has 1 atom stereocenters. The van der Waals surface area contributed by atoms with Crippen LogP contribution in [0.25, 0.3) is 22.2 Å². The molecule has 2 aromatic heterocycles. The zero-order chi connectivity index (χ0) is 27.8. The largest absolute Gasteiger partial charge is 0.444 e. The highest BCUT2D eigenvalue weighted by molar-refractivity contribution is 7.90. The minimum Gasteiger partial charge on any atom is -0.444 e. The normalized spacial score (nSPS) is 16.3. The highest BCUT2D eigenvalue weighted by Gasteiger charge is 2.28. The number of para-hydroxylation sites is 1. The van der Waals surface area contributed by atoms with E-state index in [9.17, 15) is 13.2 Å². The lowest BCUT2D eigenvalue weighted by Crippen LogP contribution is -2.47. The van der Waals surface area contributed by atoms with Gasteiger partial charge in [0.05, 0.1) is 16.1 Å². The highest BCUT2D eigenvalue weighted by Crippen LogP contribution is 2.35. The Morgan fingerprint density at radius 1 is 1.10 bits per heavy atom. The van der Waals surface area contributed by atoms with Crippen LogP contribution in [0.15, 0.2) is 76.8 Å². The minimum absolute atomic E-state index is 0.0651. The Hall–Kier alpha value is -3.57. The maximum Gasteiger partial charge on any atom is 0.410 e. The van der Waals surface area contributed by atoms with Crippen LogP contribution in [-0.2, 0) is 14.8 Å². The van der Waals surface area contributed by atoms with Gasteiger partial charge in [0.15, 0.2) is 0 Å². The van der Waals surface area contributed by atoms with Crippen molar-refractivity contribution < 1.29 is 17.9 Å². The van der Waals surface area contributed by atoms with E-state index in [2.05, 4.69) is 22.9 Å². The van der Waals surface area contributed by atoms with Crippen LogP contribution in [0.2, 0.25) is 0 Å². The van der Waals surface area contributed by atoms with Crippen molar-refractivity contribution in [3.8, 4) is 11.3 Å². The third-order valence-electron chi connectivity index (χ3n) is 6.41. The van der Waals surface area contributed by atoms with Gasteiger partial charge in [0.25, 0.3) is 10.0 Å². The molecular weight excluding hydrogens is 534 g/mol. The van der Waals surface area contributed by atoms with Crippen LogP contribution in [0.3, 0.4) is 0 Å². The molecule has 1 saturated heterocycles. The van der Waals surface area contributed by atoms with Crippen molar-refractivity contribution in [3.63, 3.8) is 0 Å². The summed E-state index contributed by atoms with van der Waals surface area (Å²) >= 11 is 4.60. The van der Waals surface area contributed by atoms with Crippen LogP contribution < -0.4 is 5.32 Å². The lowest BCUT2D eigenvalue weighted by molar-refractivity contribution is 0.0206. The Morgan fingerprint density at radius 3 is 2.56 bits per heavy atom. The summed E-state index contributed by atoms with van der Waals surface area (Å²) in [5, 5.41) is 4.07. The van der Waals surface area contributed by atoms with E-state index >= 15 is 0 Å². The maximum absolute atomic E-state index is 13.5. The number of ether oxygens (including phenoxy) is 1. The molecule has 1 fully saturated rings. The number of hydrogen-bond acceptors (Lipinski definition) is 8. The van der Waals surface area contributed by atoms with E-state index in [1.807, 2.05) is 32.9 Å². The SMILES string of the molecule is CC(C)(C)OC(=O)N1CCC[C@H](Nc2ncc(S)c(-c3cn(S(=O)(=O)c4ccccc4)c4ccccc34)n2)C1. The Labute approximate surface area is 233 Å². The lowest BCUT2D eigenvalue weighted by Gasteiger charge is -2.34. The van der Waals surface area contributed by atoms with Crippen LogP contribution in [-0.4, -0.2) is 58.1 Å². The highest BCUT2D eigenvalue weighted by atomic mass is 32.2. The standard InChI is InChI=1S/C28H31N5O4S2/c1-28(2,3)37-27(34)32-15-9-10-19(17-32)30-26-29-16-24(38)25(31-26)22-18-33(23-14-8-7-13-21(22)23)39(35,36)20-11-5-4-6-12-20/h4-8,11-14,16,18-19,38H,9-10,15,17H2,1-3H3,(H,29,30,31)/t19-/m0/s1. The Morgan fingerprint density at radius 2 is 1.82 bits per heavy atom. The van der Waals surface area contributed by atoms with E-state index in [4.69, 9.17) is 9.72 Å². The summed E-state index contributed by atoms with van der Waals surface area (Å²) in [4.78, 5) is 24.1. The molecule has 0 radical (unpaired) electrons. The number of piperidine rings is 1. The Kier molecular flexibility index (Phi) is 7.30. The molecule has 204 valence electrons. The van der Waals surface area contributed by atoms with Gasteiger partial charge in [-0.1, -0.05) is 36.4 Å². The molecule has 0 unspecified atom stereocenters. The van der Waals surface area contributed by atoms with Gasteiger partial charge in [-0.25, -0.2) is 27.2 Å². The third kappa shape index (κ3) is 5.74. The van der Waals surface area contributed by atoms with E-state index in [0.717, 1.165) is 18.2 Å². The fourth-order valence-electron chi connectivity index (χ4n) is 4.66. The fourth-order valence-corrected chi connectivity index (χ4v) is 6.28. The number of likely N-dealkylation sites (tertiary alicyclic amines) is 1. The van der Waals surface area contributed by atoms with Crippen LogP contribution >= 0.6 is 12.6 Å². The maximum atomic E-state index is 13.5. The predicted molar refractivity (Wildman–Crippen MR) is 154 cm³/mol. The van der Waals surface area contributed by atoms with Gasteiger partial charge in [0, 0.05) is 47.4 Å². The zero-order valence-corrected chi connectivity index (χ0v) is 23.7. The van der Waals surface area contributed by atoms with Crippen molar-refractivity contribution in [3.05, 3.63) is 67.0 Å². The van der Waals surface area contributed by atoms with Gasteiger partial charge in [-0.2, -0.15) is 0 Å². The summed E-state index contributed by atoms with van der Waals surface area (Å²) in [7, 11) is -3.84. The van der Waals surface area contributed by atoms with E-state index in [1.165, 1.54) is 3.97 Å². The summed E-state index contributed by atoms with van der Waals surface area (Å²) in [6, 6.07) is 15.6. The quantitative estimate of drug-likeness (QED) is 0.311. The van der Waals surface area contributed by atoms with Crippen molar-refractivity contribution in [2.24, 2.45) is 0 Å². The third-order valence-corrected chi connectivity index (χ3v) is 8.42. The molecule has 0 bridgehead atoms. The van der Waals surface area contributed by atoms with Gasteiger partial charge < -0.3 is 15.0 Å². The summed E-state index contributed by atoms with van der Waals surface area (Å²) < 4.78 is 33.9. The molecule has 3 heterocycles. The van der Waals surface area contributed by atoms with Gasteiger partial charge in [-0.3, -0.25) is 0 Å². The van der Waals surface area contributed by atoms with Crippen molar-refractivity contribution in [2.45, 2.75) is 55.0 Å². The van der Waals surface area contributed by atoms with Crippen molar-refractivity contribution in [1.82, 2.24) is 18.8 Å². The van der Waals surface area contributed by atoms with Crippen LogP contribution in [0.4, 0.5) is 10.7 Å². The molecule has 9 nitrogen and oxygen atoms in total. The van der Waals surface area contributed by atoms with Gasteiger partial charge in [-0.15, -0.1) is 12.6 Å². The van der Waals surface area contributed by atoms with Crippen LogP contribution in [0, 0.1) is 0 Å². The summed E-state index contributed by atoms with van der Waals surface area (Å²) in [5.74, 6) is 0.376. The molecule has 1 N–H and O–H groups in total. The summed E-state index contributed by atoms with van der Waals surface area (Å²) in [6.07, 6.45) is 4.51. The van der Waals surface area contributed by atoms with Crippen molar-refractivity contribution in [2.75, 3.05) is 18.4 Å². The number of anilines is 1. The number of thiol groups is 1. The number of carbonyl (C=O) groups is 1. The number of nitrogens with zero attached hydrogens (tertiary/aromatic N) is 4. The molecule has 1 aliphatic heterocycles. The van der Waals surface area contributed by atoms with Gasteiger partial charge in [0.2, 0.25) is 5.95 Å². The molecule has 4 aromatic rings. The molecule has 0 aliphatic carbocycles. The second-order valence-corrected chi connectivity index (χ2v) is 12.8. The average molecular weight is 566 g/mol. The number of rotatable bonds is 5. The molecule has 11 heteroatoms. The zero-order valence-electron chi connectivity index (χ0n) is 22.0. The van der Waals surface area contributed by atoms with Crippen LogP contribution in [0.1, 0.15) is 33.6 Å². The average Bonchev–Trinajstić information content (AvgIpc) is 3.30. The first-order chi connectivity index (χ1) is 18.5. The molecule has 0 spiro atoms. The smallest absolute Gasteiger partial charge is 0.410 e. The first-order valence-electron chi connectivity index (χ1n) is 12.7. The van der Waals surface area contributed by atoms with Crippen molar-refractivity contribution >= 4 is 45.6 Å². The summed E-state index contributed by atoms with van der Waals surface area (Å²) in [6.45, 7) is 6.64. The Bertz CT molecular complexity index is 1610. The number of aromatic nitrogens is 3. The molecule has 39 heavy (non-hydrogen) atoms. The monoisotopic (exact) mass is 565 g/mol. The molecule has 1 aliphatic rings. The van der Waals surface area contributed by atoms with E-state index in [-0.39, 0.29) is 17.0 Å². The first-order valence-corrected chi connectivity index (χ1v) is 14.6. The second-order valence-electron chi connectivity index (χ2n) is 10.5. The van der Waals surface area contributed by atoms with E-state index in [0.29, 0.717) is 40.7 Å². The molecular formula is C28H31N5O4S2. The number of benzene rings is 2. The summed E-state index contributed by atoms with van der Waals surface area (Å²) in [5.41, 5.74) is 1.11. The van der Waals surface area contributed by atoms with Crippen molar-refractivity contribution in [1.29, 1.82) is 0 Å². The second kappa shape index (κ2) is 10.5. The van der Waals surface area contributed by atoms with E-state index in [1.54, 1.807) is 59.8 Å². The van der Waals surface area contributed by atoms with Crippen LogP contribution in [0.5, 0.6) is 0 Å². The molecule has 1 amide bonds. The molecule has 5 rings (SSSR count). The Balaban J connectivity index is 1.46. The number of nitrogens with one attached hydrogen (secondary N) is 1. The number of fused-ring (bicyclic) bond motifs is 1. The first kappa shape index (κ1) is 27.0.